The number of hydrogen-bond donors (Lipinski definition) is 1. The van der Waals surface area contributed by atoms with E-state index in [-0.39, 0.29) is 5.78 Å². The largest absolute Gasteiger partial charge is 0.497 e. The molecule has 1 atom stereocenters. The Labute approximate surface area is 237 Å². The monoisotopic (exact) mass is 545 g/mol. The Kier molecular flexibility index (Phi) is 9.36. The number of nitrogens with zero attached hydrogens (tertiary/aromatic N) is 2. The highest BCUT2D eigenvalue weighted by molar-refractivity contribution is 7.15. The molecule has 1 heterocycles. The predicted octanol–water partition coefficient (Wildman–Crippen LogP) is 7.44. The van der Waals surface area contributed by atoms with Crippen molar-refractivity contribution >= 4 is 22.3 Å². The molecule has 2 aliphatic carbocycles. The predicted molar refractivity (Wildman–Crippen MR) is 162 cm³/mol. The van der Waals surface area contributed by atoms with Gasteiger partial charge in [-0.25, -0.2) is 4.98 Å². The number of methoxy groups -OCH3 is 1. The van der Waals surface area contributed by atoms with Gasteiger partial charge in [-0.1, -0.05) is 56.2 Å². The number of nitrogens with two attached hydrogens (primary N) is 1. The maximum atomic E-state index is 13.1. The van der Waals surface area contributed by atoms with Gasteiger partial charge in [0.1, 0.15) is 5.75 Å². The number of ketones is 1. The minimum atomic E-state index is 0.283. The smallest absolute Gasteiger partial charge is 0.180 e. The van der Waals surface area contributed by atoms with Crippen molar-refractivity contribution in [2.75, 3.05) is 25.9 Å². The standard InChI is InChI=1S/C33H43N3O2S/c1-3-18-36(28-15-16-30-32(22-28)39-33(34)35-30)19-17-23-7-9-24(10-8-23)20-31(37)26-13-11-25(12-14-26)27-5-4-6-29(21-27)38-2/h4-6,11-14,21,23-24,28H,3,7-10,15-20,22H2,1-2H3,(H2,34,35)/t23?,24?,28-/m0/s1. The van der Waals surface area contributed by atoms with E-state index in [0.717, 1.165) is 46.3 Å². The lowest BCUT2D eigenvalue weighted by Gasteiger charge is -2.36. The lowest BCUT2D eigenvalue weighted by Crippen LogP contribution is -2.41. The first-order valence-electron chi connectivity index (χ1n) is 14.8. The molecule has 2 aromatic carbocycles. The summed E-state index contributed by atoms with van der Waals surface area (Å²) in [6.45, 7) is 4.66. The first-order chi connectivity index (χ1) is 19.0. The minimum absolute atomic E-state index is 0.283. The van der Waals surface area contributed by atoms with E-state index in [0.29, 0.717) is 18.4 Å². The van der Waals surface area contributed by atoms with Crippen LogP contribution in [0.4, 0.5) is 5.13 Å². The van der Waals surface area contributed by atoms with Gasteiger partial charge in [-0.2, -0.15) is 0 Å². The van der Waals surface area contributed by atoms with E-state index in [1.807, 2.05) is 30.3 Å². The molecule has 0 spiro atoms. The fourth-order valence-corrected chi connectivity index (χ4v) is 7.51. The summed E-state index contributed by atoms with van der Waals surface area (Å²) in [5, 5.41) is 0.725. The number of benzene rings is 2. The number of fused-ring (bicyclic) bond motifs is 1. The second-order valence-electron chi connectivity index (χ2n) is 11.5. The number of hydrogen-bond acceptors (Lipinski definition) is 6. The van der Waals surface area contributed by atoms with E-state index in [1.165, 1.54) is 68.6 Å². The number of ether oxygens (including phenoxy) is 1. The van der Waals surface area contributed by atoms with Gasteiger partial charge in [-0.3, -0.25) is 4.79 Å². The Hall–Kier alpha value is -2.70. The number of aromatic nitrogens is 1. The Morgan fingerprint density at radius 3 is 2.54 bits per heavy atom. The normalized spacial score (nSPS) is 21.1. The van der Waals surface area contributed by atoms with Crippen molar-refractivity contribution in [1.82, 2.24) is 9.88 Å². The molecule has 0 saturated heterocycles. The van der Waals surface area contributed by atoms with Crippen LogP contribution >= 0.6 is 11.3 Å². The van der Waals surface area contributed by atoms with Crippen LogP contribution in [0.25, 0.3) is 11.1 Å². The maximum Gasteiger partial charge on any atom is 0.180 e. The van der Waals surface area contributed by atoms with Gasteiger partial charge in [0.05, 0.1) is 12.8 Å². The molecular weight excluding hydrogens is 502 g/mol. The highest BCUT2D eigenvalue weighted by Crippen LogP contribution is 2.35. The van der Waals surface area contributed by atoms with E-state index in [9.17, 15) is 4.79 Å². The summed E-state index contributed by atoms with van der Waals surface area (Å²) in [4.78, 5) is 21.7. The van der Waals surface area contributed by atoms with Gasteiger partial charge in [-0.05, 0) is 93.1 Å². The van der Waals surface area contributed by atoms with Gasteiger partial charge in [-0.15, -0.1) is 11.3 Å². The van der Waals surface area contributed by atoms with Crippen LogP contribution in [0.2, 0.25) is 0 Å². The zero-order chi connectivity index (χ0) is 27.2. The highest BCUT2D eigenvalue weighted by atomic mass is 32.1. The lowest BCUT2D eigenvalue weighted by atomic mass is 9.78. The van der Waals surface area contributed by atoms with Crippen molar-refractivity contribution in [2.45, 2.75) is 77.2 Å². The quantitative estimate of drug-likeness (QED) is 0.254. The van der Waals surface area contributed by atoms with Gasteiger partial charge in [0, 0.05) is 22.9 Å². The summed E-state index contributed by atoms with van der Waals surface area (Å²) in [6.07, 6.45) is 11.4. The topological polar surface area (TPSA) is 68.5 Å². The molecule has 2 N–H and O–H groups in total. The van der Waals surface area contributed by atoms with Crippen molar-refractivity contribution in [3.05, 3.63) is 64.7 Å². The SMILES string of the molecule is CCCN(CCC1CCC(CC(=O)c2ccc(-c3cccc(OC)c3)cc2)CC1)[C@H]1CCc2nc(N)sc2C1. The zero-order valence-electron chi connectivity index (χ0n) is 23.5. The molecule has 6 heteroatoms. The summed E-state index contributed by atoms with van der Waals surface area (Å²) in [7, 11) is 1.68. The second kappa shape index (κ2) is 13.1. The van der Waals surface area contributed by atoms with E-state index in [2.05, 4.69) is 35.0 Å². The van der Waals surface area contributed by atoms with Gasteiger partial charge in [0.15, 0.2) is 10.9 Å². The highest BCUT2D eigenvalue weighted by Gasteiger charge is 2.28. The van der Waals surface area contributed by atoms with E-state index < -0.39 is 0 Å². The maximum absolute atomic E-state index is 13.1. The molecule has 0 amide bonds. The summed E-state index contributed by atoms with van der Waals surface area (Å²) in [6, 6.07) is 16.7. The second-order valence-corrected chi connectivity index (χ2v) is 12.6. The summed E-state index contributed by atoms with van der Waals surface area (Å²) >= 11 is 1.69. The van der Waals surface area contributed by atoms with Crippen molar-refractivity contribution in [2.24, 2.45) is 11.8 Å². The number of rotatable bonds is 11. The molecule has 39 heavy (non-hydrogen) atoms. The number of anilines is 1. The molecule has 0 aliphatic heterocycles. The first kappa shape index (κ1) is 27.9. The molecule has 2 aliphatic rings. The third-order valence-corrected chi connectivity index (χ3v) is 9.78. The van der Waals surface area contributed by atoms with Crippen LogP contribution in [-0.2, 0) is 12.8 Å². The third-order valence-electron chi connectivity index (χ3n) is 8.83. The Morgan fingerprint density at radius 2 is 1.79 bits per heavy atom. The molecule has 5 rings (SSSR count). The molecule has 0 radical (unpaired) electrons. The number of carbonyl (C=O) groups is 1. The van der Waals surface area contributed by atoms with Crippen LogP contribution in [0.1, 0.15) is 79.2 Å². The number of thiazole rings is 1. The summed E-state index contributed by atoms with van der Waals surface area (Å²) < 4.78 is 5.35. The fourth-order valence-electron chi connectivity index (χ4n) is 6.56. The van der Waals surface area contributed by atoms with Crippen LogP contribution in [0, 0.1) is 11.8 Å². The van der Waals surface area contributed by atoms with Crippen molar-refractivity contribution in [3.8, 4) is 16.9 Å². The zero-order valence-corrected chi connectivity index (χ0v) is 24.3. The van der Waals surface area contributed by atoms with E-state index in [1.54, 1.807) is 18.4 Å². The van der Waals surface area contributed by atoms with Crippen LogP contribution in [0.5, 0.6) is 5.75 Å². The van der Waals surface area contributed by atoms with Crippen LogP contribution in [0.3, 0.4) is 0 Å². The molecule has 3 aromatic rings. The summed E-state index contributed by atoms with van der Waals surface area (Å²) in [5.74, 6) is 2.43. The fraction of sp³-hybridized carbons (Fsp3) is 0.515. The van der Waals surface area contributed by atoms with Gasteiger partial charge in [0.25, 0.3) is 0 Å². The summed E-state index contributed by atoms with van der Waals surface area (Å²) in [5.41, 5.74) is 10.3. The molecule has 208 valence electrons. The van der Waals surface area contributed by atoms with E-state index >= 15 is 0 Å². The average molecular weight is 546 g/mol. The van der Waals surface area contributed by atoms with Gasteiger partial charge >= 0.3 is 0 Å². The number of nitrogen functional groups attached to an aromatic ring is 1. The number of Topliss-reactive ketones (excluding diaryl/α,β-unsaturated/α-hetero) is 1. The van der Waals surface area contributed by atoms with Crippen LogP contribution in [0.15, 0.2) is 48.5 Å². The Morgan fingerprint density at radius 1 is 1.03 bits per heavy atom. The minimum Gasteiger partial charge on any atom is -0.497 e. The molecule has 0 bridgehead atoms. The number of aryl methyl sites for hydroxylation is 1. The molecule has 1 aromatic heterocycles. The third kappa shape index (κ3) is 7.09. The van der Waals surface area contributed by atoms with Crippen molar-refractivity contribution in [3.63, 3.8) is 0 Å². The van der Waals surface area contributed by atoms with Gasteiger partial charge in [0.2, 0.25) is 0 Å². The average Bonchev–Trinajstić information content (AvgIpc) is 3.35. The Balaban J connectivity index is 1.07. The van der Waals surface area contributed by atoms with Crippen LogP contribution in [-0.4, -0.2) is 41.9 Å². The number of carbonyl (C=O) groups excluding carboxylic acids is 1. The molecule has 1 saturated carbocycles. The van der Waals surface area contributed by atoms with Gasteiger partial charge < -0.3 is 15.4 Å². The van der Waals surface area contributed by atoms with Crippen LogP contribution < -0.4 is 10.5 Å². The lowest BCUT2D eigenvalue weighted by molar-refractivity contribution is 0.0937. The van der Waals surface area contributed by atoms with E-state index in [4.69, 9.17) is 10.5 Å². The first-order valence-corrected chi connectivity index (χ1v) is 15.6. The molecular formula is C33H43N3O2S. The van der Waals surface area contributed by atoms with Crippen molar-refractivity contribution in [1.29, 1.82) is 0 Å². The van der Waals surface area contributed by atoms with Crippen molar-refractivity contribution < 1.29 is 9.53 Å². The molecule has 1 fully saturated rings. The molecule has 5 nitrogen and oxygen atoms in total. The molecule has 0 unspecified atom stereocenters. The Bertz CT molecular complexity index is 1230.